The summed E-state index contributed by atoms with van der Waals surface area (Å²) in [4.78, 5) is 57.0. The average Bonchev–Trinajstić information content (AvgIpc) is 3.76. The number of thioether (sulfide) groups is 1. The molecule has 0 aliphatic heterocycles. The topological polar surface area (TPSA) is 129 Å². The van der Waals surface area contributed by atoms with E-state index in [-0.39, 0.29) is 11.6 Å². The highest BCUT2D eigenvalue weighted by molar-refractivity contribution is 8.00. The number of nitrogens with one attached hydrogen (secondary N) is 4. The number of ether oxygens (including phenoxy) is 1. The van der Waals surface area contributed by atoms with Gasteiger partial charge in [-0.05, 0) is 61.9 Å². The molecule has 11 heteroatoms. The summed E-state index contributed by atoms with van der Waals surface area (Å²) < 4.78 is 5.06. The lowest BCUT2D eigenvalue weighted by Gasteiger charge is -2.14. The molecule has 0 spiro atoms. The molecule has 0 fully saturated rings. The summed E-state index contributed by atoms with van der Waals surface area (Å²) in [6, 6.07) is 31.2. The minimum absolute atomic E-state index is 0.0572. The molecule has 2 aromatic heterocycles. The molecule has 0 saturated carbocycles. The van der Waals surface area contributed by atoms with Gasteiger partial charge in [-0.15, -0.1) is 23.1 Å². The number of carbonyl (C=O) groups is 4. The van der Waals surface area contributed by atoms with E-state index in [4.69, 9.17) is 4.74 Å². The number of esters is 1. The number of aromatic amines is 1. The third kappa shape index (κ3) is 8.29. The Kier molecular flexibility index (Phi) is 10.8. The first-order valence-corrected chi connectivity index (χ1v) is 17.8. The van der Waals surface area contributed by atoms with Crippen molar-refractivity contribution in [2.24, 2.45) is 0 Å². The van der Waals surface area contributed by atoms with Crippen LogP contribution in [0.3, 0.4) is 0 Å². The Bertz CT molecular complexity index is 2260. The third-order valence-corrected chi connectivity index (χ3v) is 9.99. The van der Waals surface area contributed by atoms with E-state index in [1.165, 1.54) is 30.2 Å². The highest BCUT2D eigenvalue weighted by Crippen LogP contribution is 2.37. The molecule has 4 N–H and O–H groups in total. The Balaban J connectivity index is 1.18. The van der Waals surface area contributed by atoms with Crippen molar-refractivity contribution in [1.82, 2.24) is 10.3 Å². The Hall–Kier alpha value is -5.91. The van der Waals surface area contributed by atoms with Crippen molar-refractivity contribution < 1.29 is 23.9 Å². The number of thiophene rings is 1. The van der Waals surface area contributed by atoms with Crippen LogP contribution in [0.5, 0.6) is 0 Å². The smallest absolute Gasteiger partial charge is 0.341 e. The molecule has 6 aromatic rings. The predicted molar refractivity (Wildman–Crippen MR) is 205 cm³/mol. The van der Waals surface area contributed by atoms with E-state index in [1.54, 1.807) is 61.7 Å². The number of aryl methyl sites for hydroxylation is 1. The van der Waals surface area contributed by atoms with Crippen LogP contribution in [-0.4, -0.2) is 41.0 Å². The van der Waals surface area contributed by atoms with E-state index in [0.29, 0.717) is 27.4 Å². The first-order valence-electron chi connectivity index (χ1n) is 16.0. The van der Waals surface area contributed by atoms with Gasteiger partial charge in [0, 0.05) is 49.8 Å². The van der Waals surface area contributed by atoms with Crippen molar-refractivity contribution in [3.63, 3.8) is 0 Å². The second-order valence-electron chi connectivity index (χ2n) is 11.6. The number of methoxy groups -OCH3 is 1. The number of para-hydroxylation sites is 1. The molecule has 0 radical (unpaired) electrons. The van der Waals surface area contributed by atoms with Gasteiger partial charge >= 0.3 is 5.97 Å². The van der Waals surface area contributed by atoms with Crippen LogP contribution in [0.1, 0.15) is 38.8 Å². The highest BCUT2D eigenvalue weighted by atomic mass is 32.2. The molecule has 0 aliphatic rings. The average molecular weight is 715 g/mol. The van der Waals surface area contributed by atoms with Crippen LogP contribution in [-0.2, 0) is 14.3 Å². The maximum Gasteiger partial charge on any atom is 0.341 e. The number of rotatable bonds is 11. The van der Waals surface area contributed by atoms with E-state index >= 15 is 0 Å². The maximum atomic E-state index is 13.7. The molecule has 1 unspecified atom stereocenters. The van der Waals surface area contributed by atoms with Crippen molar-refractivity contribution >= 4 is 74.5 Å². The molecule has 2 heterocycles. The van der Waals surface area contributed by atoms with Crippen molar-refractivity contribution in [2.75, 3.05) is 17.7 Å². The molecule has 256 valence electrons. The first kappa shape index (κ1) is 34.9. The van der Waals surface area contributed by atoms with Crippen LogP contribution in [0.4, 0.5) is 10.7 Å². The fourth-order valence-corrected chi connectivity index (χ4v) is 7.21. The number of H-pyrrole nitrogens is 1. The Labute approximate surface area is 303 Å². The van der Waals surface area contributed by atoms with Gasteiger partial charge in [-0.2, -0.15) is 0 Å². The van der Waals surface area contributed by atoms with Gasteiger partial charge in [0.25, 0.3) is 11.8 Å². The minimum Gasteiger partial charge on any atom is -0.465 e. The molecule has 4 aromatic carbocycles. The molecule has 3 amide bonds. The van der Waals surface area contributed by atoms with Gasteiger partial charge in [-0.1, -0.05) is 72.3 Å². The van der Waals surface area contributed by atoms with E-state index in [1.807, 2.05) is 73.0 Å². The largest absolute Gasteiger partial charge is 0.465 e. The molecule has 0 saturated heterocycles. The zero-order valence-corrected chi connectivity index (χ0v) is 29.6. The second kappa shape index (κ2) is 15.8. The maximum absolute atomic E-state index is 13.7. The van der Waals surface area contributed by atoms with Crippen molar-refractivity contribution in [3.8, 4) is 11.1 Å². The number of carbonyl (C=O) groups excluding carboxylic acids is 4. The summed E-state index contributed by atoms with van der Waals surface area (Å²) in [5, 5.41) is 11.2. The number of fused-ring (bicyclic) bond motifs is 1. The second-order valence-corrected chi connectivity index (χ2v) is 13.9. The quantitative estimate of drug-likeness (QED) is 0.0605. The molecule has 0 aliphatic carbocycles. The lowest BCUT2D eigenvalue weighted by Crippen LogP contribution is -2.30. The fourth-order valence-electron chi connectivity index (χ4n) is 5.33. The van der Waals surface area contributed by atoms with E-state index < -0.39 is 23.0 Å². The van der Waals surface area contributed by atoms with Gasteiger partial charge in [-0.3, -0.25) is 14.4 Å². The molecule has 9 nitrogen and oxygen atoms in total. The molecule has 51 heavy (non-hydrogen) atoms. The van der Waals surface area contributed by atoms with Gasteiger partial charge in [-0.25, -0.2) is 4.79 Å². The summed E-state index contributed by atoms with van der Waals surface area (Å²) in [7, 11) is 1.31. The molecule has 6 rings (SSSR count). The summed E-state index contributed by atoms with van der Waals surface area (Å²) in [6.07, 6.45) is 3.42. The van der Waals surface area contributed by atoms with Crippen LogP contribution >= 0.6 is 23.1 Å². The number of anilines is 2. The van der Waals surface area contributed by atoms with Crippen LogP contribution < -0.4 is 16.0 Å². The normalized spacial score (nSPS) is 11.9. The number of hydrogen-bond donors (Lipinski definition) is 4. The lowest BCUT2D eigenvalue weighted by atomic mass is 10.0. The van der Waals surface area contributed by atoms with Gasteiger partial charge in [0.2, 0.25) is 5.91 Å². The minimum atomic E-state index is -0.561. The summed E-state index contributed by atoms with van der Waals surface area (Å²) in [6.45, 7) is 3.75. The summed E-state index contributed by atoms with van der Waals surface area (Å²) in [5.41, 5.74) is 5.50. The Morgan fingerprint density at radius 3 is 2.39 bits per heavy atom. The summed E-state index contributed by atoms with van der Waals surface area (Å²) in [5.74, 6) is -1.78. The zero-order chi connectivity index (χ0) is 35.9. The molecular formula is C40H34N4O5S2. The summed E-state index contributed by atoms with van der Waals surface area (Å²) >= 11 is 2.56. The first-order chi connectivity index (χ1) is 24.7. The number of hydrogen-bond acceptors (Lipinski definition) is 7. The fraction of sp³-hybridized carbons (Fsp3) is 0.100. The van der Waals surface area contributed by atoms with Gasteiger partial charge in [0.15, 0.2) is 0 Å². The molecule has 1 atom stereocenters. The van der Waals surface area contributed by atoms with Crippen molar-refractivity contribution in [3.05, 3.63) is 143 Å². The van der Waals surface area contributed by atoms with Gasteiger partial charge < -0.3 is 25.7 Å². The van der Waals surface area contributed by atoms with Crippen LogP contribution in [0.2, 0.25) is 0 Å². The lowest BCUT2D eigenvalue weighted by molar-refractivity contribution is -0.115. The van der Waals surface area contributed by atoms with Crippen molar-refractivity contribution in [2.45, 2.75) is 24.0 Å². The molecular weight excluding hydrogens is 681 g/mol. The zero-order valence-electron chi connectivity index (χ0n) is 28.0. The van der Waals surface area contributed by atoms with Crippen LogP contribution in [0.15, 0.2) is 125 Å². The van der Waals surface area contributed by atoms with E-state index in [0.717, 1.165) is 32.5 Å². The number of benzene rings is 4. The number of aromatic nitrogens is 1. The van der Waals surface area contributed by atoms with Gasteiger partial charge in [0.1, 0.15) is 16.3 Å². The molecule has 0 bridgehead atoms. The monoisotopic (exact) mass is 714 g/mol. The SMILES string of the molecule is COC(=O)c1c(-c2ccc(C)cc2)csc1NC(=O)C(C)Sc1cccc(NC(=O)/C(=C/c2c[nH]c3ccccc23)NC(=O)c2ccccc2)c1. The van der Waals surface area contributed by atoms with E-state index in [9.17, 15) is 19.2 Å². The van der Waals surface area contributed by atoms with E-state index in [2.05, 4.69) is 20.9 Å². The number of amides is 3. The van der Waals surface area contributed by atoms with Crippen LogP contribution in [0.25, 0.3) is 28.1 Å². The Morgan fingerprint density at radius 1 is 0.882 bits per heavy atom. The van der Waals surface area contributed by atoms with Gasteiger partial charge in [0.05, 0.1) is 12.4 Å². The standard InChI is InChI=1S/C40H34N4O5S2/c1-24-16-18-26(19-17-24)32-23-50-39(35(32)40(48)49-3)44-36(45)25(2)51-30-13-9-12-29(21-30)42-38(47)34(43-37(46)27-10-5-4-6-11-27)20-28-22-41-33-15-8-7-14-31(28)33/h4-23,25,41H,1-3H3,(H,42,47)(H,43,46)(H,44,45)/b34-20-. The van der Waals surface area contributed by atoms with Crippen LogP contribution in [0, 0.1) is 6.92 Å². The Morgan fingerprint density at radius 2 is 1.63 bits per heavy atom. The van der Waals surface area contributed by atoms with Crippen molar-refractivity contribution in [1.29, 1.82) is 0 Å². The third-order valence-electron chi connectivity index (χ3n) is 8.00. The highest BCUT2D eigenvalue weighted by Gasteiger charge is 2.24. The predicted octanol–water partition coefficient (Wildman–Crippen LogP) is 8.52.